The molecule has 1 amide bonds. The van der Waals surface area contributed by atoms with Crippen molar-refractivity contribution in [3.63, 3.8) is 0 Å². The summed E-state index contributed by atoms with van der Waals surface area (Å²) in [5.74, 6) is 0.757. The molecule has 5 heteroatoms. The van der Waals surface area contributed by atoms with Crippen LogP contribution in [0.1, 0.15) is 49.7 Å². The van der Waals surface area contributed by atoms with E-state index in [-0.39, 0.29) is 11.8 Å². The van der Waals surface area contributed by atoms with Crippen LogP contribution in [0.3, 0.4) is 0 Å². The van der Waals surface area contributed by atoms with Crippen molar-refractivity contribution in [1.29, 1.82) is 5.41 Å². The van der Waals surface area contributed by atoms with Crippen LogP contribution < -0.4 is 15.8 Å². The second-order valence-corrected chi connectivity index (χ2v) is 7.18. The molecule has 0 radical (unpaired) electrons. The van der Waals surface area contributed by atoms with E-state index in [1.54, 1.807) is 32.2 Å². The molecule has 0 heterocycles. The van der Waals surface area contributed by atoms with Crippen molar-refractivity contribution in [3.8, 4) is 5.75 Å². The van der Waals surface area contributed by atoms with Crippen LogP contribution in [0.2, 0.25) is 0 Å². The van der Waals surface area contributed by atoms with Crippen molar-refractivity contribution in [2.24, 2.45) is 5.92 Å². The second kappa shape index (κ2) is 8.25. The van der Waals surface area contributed by atoms with E-state index in [1.807, 2.05) is 24.3 Å². The Kier molecular flexibility index (Phi) is 5.79. The third-order valence-corrected chi connectivity index (χ3v) is 5.35. The number of amides is 1. The molecule has 0 aliphatic heterocycles. The van der Waals surface area contributed by atoms with Crippen molar-refractivity contribution >= 4 is 23.0 Å². The molecule has 5 nitrogen and oxygen atoms in total. The third kappa shape index (κ3) is 4.13. The summed E-state index contributed by atoms with van der Waals surface area (Å²) in [6.07, 6.45) is 4.40. The number of hydrogen-bond donors (Lipinski definition) is 3. The largest absolute Gasteiger partial charge is 0.496 e. The molecular weight excluding hydrogens is 338 g/mol. The molecule has 3 rings (SSSR count). The summed E-state index contributed by atoms with van der Waals surface area (Å²) in [4.78, 5) is 13.3. The second-order valence-electron chi connectivity index (χ2n) is 7.18. The molecule has 1 fully saturated rings. The smallest absolute Gasteiger partial charge is 0.232 e. The zero-order valence-corrected chi connectivity index (χ0v) is 15.9. The Labute approximate surface area is 160 Å². The molecular formula is C22H27N3O2. The fraction of sp³-hybridized carbons (Fsp3) is 0.364. The Morgan fingerprint density at radius 3 is 2.59 bits per heavy atom. The van der Waals surface area contributed by atoms with Crippen LogP contribution in [0.25, 0.3) is 0 Å². The number of hydrogen-bond acceptors (Lipinski definition) is 4. The number of carbonyl (C=O) groups excluding carboxylic acids is 1. The van der Waals surface area contributed by atoms with Gasteiger partial charge in [-0.3, -0.25) is 4.79 Å². The lowest BCUT2D eigenvalue weighted by Gasteiger charge is -2.25. The van der Waals surface area contributed by atoms with Crippen LogP contribution in [0.4, 0.5) is 11.4 Å². The maximum atomic E-state index is 13.3. The molecule has 1 aliphatic carbocycles. The zero-order valence-electron chi connectivity index (χ0n) is 15.9. The Hall–Kier alpha value is -2.82. The van der Waals surface area contributed by atoms with E-state index < -0.39 is 0 Å². The SMILES string of the molecule is COc1ccccc1C(C(=O)Nc1ccc(N)c(C(C)=N)c1)C1CCCC1. The number of methoxy groups -OCH3 is 1. The van der Waals surface area contributed by atoms with Gasteiger partial charge in [0.25, 0.3) is 0 Å². The van der Waals surface area contributed by atoms with Crippen molar-refractivity contribution in [2.75, 3.05) is 18.2 Å². The molecule has 2 aromatic rings. The number of carbonyl (C=O) groups is 1. The van der Waals surface area contributed by atoms with Gasteiger partial charge in [-0.2, -0.15) is 0 Å². The predicted octanol–water partition coefficient (Wildman–Crippen LogP) is 4.58. The summed E-state index contributed by atoms with van der Waals surface area (Å²) in [5, 5.41) is 10.9. The molecule has 4 N–H and O–H groups in total. The first-order valence-electron chi connectivity index (χ1n) is 9.40. The monoisotopic (exact) mass is 365 g/mol. The number of nitrogens with two attached hydrogens (primary N) is 1. The Morgan fingerprint density at radius 1 is 1.22 bits per heavy atom. The minimum Gasteiger partial charge on any atom is -0.496 e. The maximum absolute atomic E-state index is 13.3. The van der Waals surface area contributed by atoms with Crippen LogP contribution in [-0.2, 0) is 4.79 Å². The number of nitrogens with one attached hydrogen (secondary N) is 2. The van der Waals surface area contributed by atoms with Gasteiger partial charge in [-0.1, -0.05) is 31.0 Å². The number of para-hydroxylation sites is 1. The van der Waals surface area contributed by atoms with E-state index >= 15 is 0 Å². The van der Waals surface area contributed by atoms with Crippen molar-refractivity contribution in [3.05, 3.63) is 53.6 Å². The summed E-state index contributed by atoms with van der Waals surface area (Å²) in [6.45, 7) is 1.69. The van der Waals surface area contributed by atoms with Crippen LogP contribution >= 0.6 is 0 Å². The minimum absolute atomic E-state index is 0.0373. The van der Waals surface area contributed by atoms with Crippen LogP contribution in [0, 0.1) is 11.3 Å². The summed E-state index contributed by atoms with van der Waals surface area (Å²) >= 11 is 0. The van der Waals surface area contributed by atoms with Crippen LogP contribution in [0.15, 0.2) is 42.5 Å². The van der Waals surface area contributed by atoms with Crippen molar-refractivity contribution in [2.45, 2.75) is 38.5 Å². The van der Waals surface area contributed by atoms with Gasteiger partial charge in [0.1, 0.15) is 5.75 Å². The molecule has 0 aromatic heterocycles. The standard InChI is InChI=1S/C22H27N3O2/c1-14(23)18-13-16(11-12-19(18)24)25-22(26)21(15-7-3-4-8-15)17-9-5-6-10-20(17)27-2/h5-6,9-13,15,21,23H,3-4,7-8,24H2,1-2H3,(H,25,26). The summed E-state index contributed by atoms with van der Waals surface area (Å²) in [5.41, 5.74) is 9.09. The molecule has 1 atom stereocenters. The average molecular weight is 365 g/mol. The maximum Gasteiger partial charge on any atom is 0.232 e. The lowest BCUT2D eigenvalue weighted by molar-refractivity contribution is -0.118. The number of anilines is 2. The third-order valence-electron chi connectivity index (χ3n) is 5.35. The Morgan fingerprint density at radius 2 is 1.93 bits per heavy atom. The minimum atomic E-state index is -0.259. The van der Waals surface area contributed by atoms with E-state index in [2.05, 4.69) is 5.32 Å². The number of benzene rings is 2. The van der Waals surface area contributed by atoms with E-state index in [4.69, 9.17) is 15.9 Å². The lowest BCUT2D eigenvalue weighted by atomic mass is 9.83. The summed E-state index contributed by atoms with van der Waals surface area (Å²) in [6, 6.07) is 13.0. The highest BCUT2D eigenvalue weighted by Gasteiger charge is 2.34. The predicted molar refractivity (Wildman–Crippen MR) is 110 cm³/mol. The van der Waals surface area contributed by atoms with E-state index in [0.717, 1.165) is 37.0 Å². The number of nitrogen functional groups attached to an aromatic ring is 1. The summed E-state index contributed by atoms with van der Waals surface area (Å²) in [7, 11) is 1.64. The molecule has 1 unspecified atom stereocenters. The fourth-order valence-corrected chi connectivity index (χ4v) is 4.00. The molecule has 142 valence electrons. The van der Waals surface area contributed by atoms with Crippen LogP contribution in [-0.4, -0.2) is 18.7 Å². The highest BCUT2D eigenvalue weighted by molar-refractivity contribution is 6.03. The Balaban J connectivity index is 1.92. The molecule has 27 heavy (non-hydrogen) atoms. The van der Waals surface area contributed by atoms with Gasteiger partial charge in [-0.25, -0.2) is 0 Å². The molecule has 0 saturated heterocycles. The van der Waals surface area contributed by atoms with Gasteiger partial charge in [0.05, 0.1) is 13.0 Å². The highest BCUT2D eigenvalue weighted by Crippen LogP contribution is 2.41. The molecule has 0 spiro atoms. The van der Waals surface area contributed by atoms with Crippen LogP contribution in [0.5, 0.6) is 5.75 Å². The molecule has 2 aromatic carbocycles. The molecule has 0 bridgehead atoms. The van der Waals surface area contributed by atoms with Gasteiger partial charge < -0.3 is 21.2 Å². The molecule has 1 aliphatic rings. The van der Waals surface area contributed by atoms with Gasteiger partial charge >= 0.3 is 0 Å². The lowest BCUT2D eigenvalue weighted by Crippen LogP contribution is -2.27. The van der Waals surface area contributed by atoms with Gasteiger partial charge in [-0.05, 0) is 49.9 Å². The summed E-state index contributed by atoms with van der Waals surface area (Å²) < 4.78 is 5.53. The first-order valence-corrected chi connectivity index (χ1v) is 9.40. The number of ether oxygens (including phenoxy) is 1. The van der Waals surface area contributed by atoms with Gasteiger partial charge in [0.15, 0.2) is 0 Å². The first-order chi connectivity index (χ1) is 13.0. The highest BCUT2D eigenvalue weighted by atomic mass is 16.5. The Bertz CT molecular complexity index is 841. The average Bonchev–Trinajstić information content (AvgIpc) is 3.18. The van der Waals surface area contributed by atoms with Gasteiger partial charge in [0.2, 0.25) is 5.91 Å². The zero-order chi connectivity index (χ0) is 19.4. The molecule has 1 saturated carbocycles. The van der Waals surface area contributed by atoms with E-state index in [9.17, 15) is 4.79 Å². The van der Waals surface area contributed by atoms with Crippen molar-refractivity contribution in [1.82, 2.24) is 0 Å². The quantitative estimate of drug-likeness (QED) is 0.517. The van der Waals surface area contributed by atoms with Gasteiger partial charge in [0, 0.05) is 28.2 Å². The number of rotatable bonds is 6. The fourth-order valence-electron chi connectivity index (χ4n) is 4.00. The van der Waals surface area contributed by atoms with Crippen molar-refractivity contribution < 1.29 is 9.53 Å². The first kappa shape index (κ1) is 19.0. The van der Waals surface area contributed by atoms with E-state index in [1.165, 1.54) is 0 Å². The van der Waals surface area contributed by atoms with E-state index in [0.29, 0.717) is 28.6 Å². The normalized spacial score (nSPS) is 15.3. The van der Waals surface area contributed by atoms with Gasteiger partial charge in [-0.15, -0.1) is 0 Å². The topological polar surface area (TPSA) is 88.2 Å².